The van der Waals surface area contributed by atoms with Gasteiger partial charge in [-0.25, -0.2) is 0 Å². The van der Waals surface area contributed by atoms with E-state index < -0.39 is 17.9 Å². The second-order valence-corrected chi connectivity index (χ2v) is 9.06. The topological polar surface area (TPSA) is 0 Å². The molecule has 1 aliphatic rings. The molecule has 0 saturated heterocycles. The maximum Gasteiger partial charge on any atom is -0.0149 e. The minimum Gasteiger partial charge on any atom is -1.00 e. The molecule has 0 amide bonds. The third-order valence-corrected chi connectivity index (χ3v) is 6.27. The van der Waals surface area contributed by atoms with Gasteiger partial charge in [0, 0.05) is 0 Å². The fourth-order valence-corrected chi connectivity index (χ4v) is 5.74. The van der Waals surface area contributed by atoms with Gasteiger partial charge in [-0.3, -0.25) is 0 Å². The molecule has 3 rings (SSSR count). The van der Waals surface area contributed by atoms with Crippen LogP contribution in [0.2, 0.25) is 10.5 Å². The summed E-state index contributed by atoms with van der Waals surface area (Å²) in [5.74, 6) is 0. The van der Waals surface area contributed by atoms with E-state index in [1.807, 2.05) is 0 Å². The molecule has 0 aliphatic heterocycles. The molecule has 1 aliphatic carbocycles. The Hall–Kier alpha value is -0.339. The number of allylic oxidation sites excluding steroid dienone is 1. The summed E-state index contributed by atoms with van der Waals surface area (Å²) < 4.78 is 1.73. The molecule has 19 heavy (non-hydrogen) atoms. The van der Waals surface area contributed by atoms with Crippen LogP contribution in [0, 0.1) is 0 Å². The van der Waals surface area contributed by atoms with Gasteiger partial charge >= 0.3 is 109 Å². The van der Waals surface area contributed by atoms with Gasteiger partial charge in [0.25, 0.3) is 0 Å². The van der Waals surface area contributed by atoms with E-state index in [1.54, 1.807) is 20.6 Å². The zero-order valence-corrected chi connectivity index (χ0v) is 13.4. The summed E-state index contributed by atoms with van der Waals surface area (Å²) in [6.45, 7) is 2.32. The van der Waals surface area contributed by atoms with Crippen molar-refractivity contribution >= 4 is 25.6 Å². The second-order valence-electron chi connectivity index (χ2n) is 5.15. The maximum absolute atomic E-state index is 2.47. The Bertz CT molecular complexity index is 632. The van der Waals surface area contributed by atoms with Gasteiger partial charge in [-0.15, -0.1) is 0 Å². The van der Waals surface area contributed by atoms with Crippen molar-refractivity contribution in [1.82, 2.24) is 0 Å². The zero-order chi connectivity index (χ0) is 12.0. The Morgan fingerprint density at radius 2 is 1.68 bits per heavy atom. The van der Waals surface area contributed by atoms with Crippen molar-refractivity contribution in [2.75, 3.05) is 0 Å². The van der Waals surface area contributed by atoms with Crippen LogP contribution in [0.15, 0.2) is 42.0 Å². The van der Waals surface area contributed by atoms with Gasteiger partial charge < -0.3 is 12.4 Å². The van der Waals surface area contributed by atoms with Crippen LogP contribution in [-0.4, -0.2) is 11.0 Å². The number of fused-ring (bicyclic) bond motifs is 3. The molecule has 0 aromatic heterocycles. The van der Waals surface area contributed by atoms with Gasteiger partial charge in [0.05, 0.1) is 0 Å². The Labute approximate surface area is 132 Å². The van der Waals surface area contributed by atoms with Crippen LogP contribution < -0.4 is 12.4 Å². The molecule has 0 nitrogen and oxygen atoms in total. The quantitative estimate of drug-likeness (QED) is 0.666. The van der Waals surface area contributed by atoms with Crippen molar-refractivity contribution in [3.05, 3.63) is 53.1 Å². The number of rotatable bonds is 1. The van der Waals surface area contributed by atoms with E-state index in [0.29, 0.717) is 0 Å². The summed E-state index contributed by atoms with van der Waals surface area (Å²) >= 11 is -1.02. The summed E-state index contributed by atoms with van der Waals surface area (Å²) in [6, 6.07) is 13.4. The Balaban J connectivity index is 0.000000902. The largest absolute Gasteiger partial charge is 1.00 e. The summed E-state index contributed by atoms with van der Waals surface area (Å²) in [6.07, 6.45) is 1.17. The molecule has 0 spiro atoms. The summed E-state index contributed by atoms with van der Waals surface area (Å²) in [5, 5.41) is 7.79. The van der Waals surface area contributed by atoms with Gasteiger partial charge in [0.2, 0.25) is 0 Å². The van der Waals surface area contributed by atoms with Gasteiger partial charge in [0.1, 0.15) is 0 Å². The van der Waals surface area contributed by atoms with Crippen molar-refractivity contribution in [1.29, 1.82) is 0 Å². The first-order valence-electron chi connectivity index (χ1n) is 6.20. The first-order chi connectivity index (χ1) is 8.18. The molecular weight excluding hydrogens is 304 g/mol. The summed E-state index contributed by atoms with van der Waals surface area (Å²) in [7, 11) is 0. The van der Waals surface area contributed by atoms with E-state index in [9.17, 15) is 0 Å². The summed E-state index contributed by atoms with van der Waals surface area (Å²) in [4.78, 5) is 0. The van der Waals surface area contributed by atoms with Crippen LogP contribution in [0.5, 0.6) is 0 Å². The Kier molecular flexibility index (Phi) is 5.64. The number of halogens is 1. The molecule has 3 heteroatoms. The predicted octanol–water partition coefficient (Wildman–Crippen LogP) is 0.394. The fourth-order valence-electron chi connectivity index (χ4n) is 3.02. The third kappa shape index (κ3) is 2.75. The first kappa shape index (κ1) is 16.7. The van der Waals surface area contributed by atoms with Crippen LogP contribution in [0.4, 0.5) is 0 Å². The van der Waals surface area contributed by atoms with Gasteiger partial charge in [-0.1, -0.05) is 0 Å². The molecule has 0 bridgehead atoms. The fraction of sp³-hybridized carbons (Fsp3) is 0.250. The minimum atomic E-state index is -1.02. The van der Waals surface area contributed by atoms with E-state index in [0.717, 1.165) is 0 Å². The van der Waals surface area contributed by atoms with E-state index in [1.165, 1.54) is 17.2 Å². The third-order valence-electron chi connectivity index (χ3n) is 3.65. The molecule has 0 N–H and O–H groups in total. The van der Waals surface area contributed by atoms with Crippen LogP contribution >= 0.6 is 0 Å². The minimum absolute atomic E-state index is 0. The van der Waals surface area contributed by atoms with Gasteiger partial charge in [-0.2, -0.15) is 0 Å². The van der Waals surface area contributed by atoms with Crippen molar-refractivity contribution in [3.8, 4) is 0 Å². The summed E-state index contributed by atoms with van der Waals surface area (Å²) in [5.41, 5.74) is 4.75. The number of benzene rings is 2. The number of hydrogen-bond donors (Lipinski definition) is 0. The van der Waals surface area contributed by atoms with E-state index in [4.69, 9.17) is 0 Å². The van der Waals surface area contributed by atoms with Crippen molar-refractivity contribution in [2.45, 2.75) is 23.8 Å². The molecule has 2 aromatic carbocycles. The van der Waals surface area contributed by atoms with Gasteiger partial charge in [-0.05, 0) is 11.0 Å². The molecular formula is C16H21ClSiTi. The molecule has 2 aromatic rings. The number of hydrogen-bond acceptors (Lipinski definition) is 0. The second kappa shape index (κ2) is 6.41. The monoisotopic (exact) mass is 324 g/mol. The molecule has 0 saturated carbocycles. The van der Waals surface area contributed by atoms with Crippen molar-refractivity contribution in [2.24, 2.45) is 0 Å². The normalized spacial score (nSPS) is 12.8. The molecule has 0 radical (unpaired) electrons. The van der Waals surface area contributed by atoms with E-state index in [-0.39, 0.29) is 23.4 Å². The average molecular weight is 325 g/mol. The van der Waals surface area contributed by atoms with Crippen molar-refractivity contribution < 1.29 is 30.3 Å². The van der Waals surface area contributed by atoms with Crippen LogP contribution in [0.1, 0.15) is 18.1 Å². The Morgan fingerprint density at radius 3 is 2.37 bits per heavy atom. The molecule has 0 unspecified atom stereocenters. The maximum atomic E-state index is 2.47. The SMILES string of the molecule is CC1=[C]([Ti+]([CH3])[CH3])c2c(ccc3ccccc23)C1.[Cl-].[SiH4]. The van der Waals surface area contributed by atoms with Crippen LogP contribution in [-0.2, 0) is 24.3 Å². The van der Waals surface area contributed by atoms with Gasteiger partial charge in [0.15, 0.2) is 0 Å². The first-order valence-corrected chi connectivity index (χ1v) is 10.1. The zero-order valence-electron chi connectivity index (χ0n) is 11.0. The Morgan fingerprint density at radius 1 is 1.00 bits per heavy atom. The van der Waals surface area contributed by atoms with Crippen molar-refractivity contribution in [3.63, 3.8) is 0 Å². The standard InChI is InChI=1S/C14H11.2CH3.ClH.H4Si.Ti/c1-10-8-12-7-6-11-4-2-3-5-13(11)14(12)9-10;;;;;/h2-7H,8H2,1H3;2*1H3;1H;1H4;/q;;;;;+1/p-1. The average Bonchev–Trinajstić information content (AvgIpc) is 2.65. The molecule has 0 atom stereocenters. The smallest absolute Gasteiger partial charge is 0.0149 e. The predicted molar refractivity (Wildman–Crippen MR) is 83.3 cm³/mol. The molecule has 0 heterocycles. The molecule has 0 fully saturated rings. The molecule has 100 valence electrons. The van der Waals surface area contributed by atoms with Crippen LogP contribution in [0.25, 0.3) is 14.7 Å². The van der Waals surface area contributed by atoms with E-state index in [2.05, 4.69) is 53.8 Å². The van der Waals surface area contributed by atoms with E-state index >= 15 is 0 Å². The van der Waals surface area contributed by atoms with Crippen LogP contribution in [0.3, 0.4) is 0 Å².